The van der Waals surface area contributed by atoms with Gasteiger partial charge in [0.1, 0.15) is 0 Å². The van der Waals surface area contributed by atoms with Gasteiger partial charge in [-0.1, -0.05) is 38.1 Å². The molecule has 0 unspecified atom stereocenters. The fraction of sp³-hybridized carbons (Fsp3) is 0.310. The van der Waals surface area contributed by atoms with Crippen molar-refractivity contribution in [2.24, 2.45) is 0 Å². The van der Waals surface area contributed by atoms with E-state index in [1.165, 1.54) is 0 Å². The quantitative estimate of drug-likeness (QED) is 0.491. The summed E-state index contributed by atoms with van der Waals surface area (Å²) < 4.78 is 10.9. The third kappa shape index (κ3) is 4.25. The molecule has 0 atom stereocenters. The van der Waals surface area contributed by atoms with Crippen LogP contribution in [0.25, 0.3) is 11.1 Å². The molecule has 35 heavy (non-hydrogen) atoms. The topological polar surface area (TPSA) is 67.9 Å². The number of nitrogens with zero attached hydrogens (tertiary/aromatic N) is 1. The first-order valence-corrected chi connectivity index (χ1v) is 12.0. The second kappa shape index (κ2) is 8.77. The Balaban J connectivity index is 0.00000304. The molecule has 1 aliphatic carbocycles. The number of ether oxygens (including phenoxy) is 2. The fourth-order valence-corrected chi connectivity index (χ4v) is 4.68. The van der Waals surface area contributed by atoms with Crippen LogP contribution in [0.3, 0.4) is 0 Å². The number of nitrogens with one attached hydrogen (secondary N) is 1. The van der Waals surface area contributed by atoms with Crippen molar-refractivity contribution in [3.63, 3.8) is 0 Å². The predicted octanol–water partition coefficient (Wildman–Crippen LogP) is 5.82. The maximum Gasteiger partial charge on any atom is 0.253 e. The molecule has 0 saturated heterocycles. The Morgan fingerprint density at radius 3 is 2.46 bits per heavy atom. The molecule has 0 spiro atoms. The number of carbonyl (C=O) groups is 2. The van der Waals surface area contributed by atoms with E-state index in [0.29, 0.717) is 17.1 Å². The SMILES string of the molecule is CC(C)c1ccc(NC(=O)C2(c3ccc4c(c3)OCO4)CC2)cc1-c1cccc(C(=O)N(C)C)c1.[HH]. The van der Waals surface area contributed by atoms with E-state index in [0.717, 1.165) is 40.8 Å². The van der Waals surface area contributed by atoms with Crippen molar-refractivity contribution in [3.05, 3.63) is 77.4 Å². The van der Waals surface area contributed by atoms with Crippen molar-refractivity contribution in [1.82, 2.24) is 4.90 Å². The number of anilines is 1. The second-order valence-electron chi connectivity index (χ2n) is 9.84. The summed E-state index contributed by atoms with van der Waals surface area (Å²) >= 11 is 0. The predicted molar refractivity (Wildman–Crippen MR) is 138 cm³/mol. The summed E-state index contributed by atoms with van der Waals surface area (Å²) in [4.78, 5) is 27.6. The van der Waals surface area contributed by atoms with E-state index < -0.39 is 5.41 Å². The molecular formula is C29H32N2O4. The van der Waals surface area contributed by atoms with E-state index in [2.05, 4.69) is 25.2 Å². The van der Waals surface area contributed by atoms with Crippen molar-refractivity contribution in [3.8, 4) is 22.6 Å². The number of hydrogen-bond acceptors (Lipinski definition) is 4. The molecule has 1 N–H and O–H groups in total. The molecule has 6 heteroatoms. The molecule has 1 aliphatic heterocycles. The van der Waals surface area contributed by atoms with Crippen LogP contribution in [0.4, 0.5) is 5.69 Å². The summed E-state index contributed by atoms with van der Waals surface area (Å²) in [5.74, 6) is 1.63. The van der Waals surface area contributed by atoms with Crippen LogP contribution in [0.2, 0.25) is 0 Å². The highest BCUT2D eigenvalue weighted by Gasteiger charge is 2.51. The molecule has 1 heterocycles. The van der Waals surface area contributed by atoms with Crippen LogP contribution in [0.1, 0.15) is 55.5 Å². The Bertz CT molecular complexity index is 1310. The standard InChI is InChI=1S/C29H30N2O4.H2/c1-18(2)23-10-9-22(16-24(23)19-6-5-7-20(14-19)27(32)31(3)4)30-28(33)29(12-13-29)21-8-11-25-26(15-21)35-17-34-25;/h5-11,14-16,18H,12-13,17H2,1-4H3,(H,30,33);1H. The zero-order valence-corrected chi connectivity index (χ0v) is 20.6. The van der Waals surface area contributed by atoms with Gasteiger partial charge in [-0.05, 0) is 77.4 Å². The molecular weight excluding hydrogens is 440 g/mol. The van der Waals surface area contributed by atoms with E-state index in [-0.39, 0.29) is 26.0 Å². The Labute approximate surface area is 207 Å². The molecule has 3 aromatic carbocycles. The molecule has 5 rings (SSSR count). The van der Waals surface area contributed by atoms with E-state index in [4.69, 9.17) is 9.47 Å². The average molecular weight is 473 g/mol. The molecule has 182 valence electrons. The molecule has 3 aromatic rings. The van der Waals surface area contributed by atoms with Crippen molar-refractivity contribution >= 4 is 17.5 Å². The lowest BCUT2D eigenvalue weighted by Crippen LogP contribution is -2.27. The van der Waals surface area contributed by atoms with E-state index in [1.807, 2.05) is 54.6 Å². The van der Waals surface area contributed by atoms with Crippen LogP contribution < -0.4 is 14.8 Å². The maximum atomic E-state index is 13.4. The van der Waals surface area contributed by atoms with Crippen molar-refractivity contribution < 1.29 is 20.5 Å². The summed E-state index contributed by atoms with van der Waals surface area (Å²) in [6.07, 6.45) is 1.59. The first-order valence-electron chi connectivity index (χ1n) is 12.0. The number of fused-ring (bicyclic) bond motifs is 1. The molecule has 2 amide bonds. The van der Waals surface area contributed by atoms with Crippen LogP contribution in [0, 0.1) is 0 Å². The van der Waals surface area contributed by atoms with Gasteiger partial charge in [-0.2, -0.15) is 0 Å². The minimum atomic E-state index is -0.546. The Morgan fingerprint density at radius 2 is 1.74 bits per heavy atom. The van der Waals surface area contributed by atoms with E-state index >= 15 is 0 Å². The molecule has 2 aliphatic rings. The van der Waals surface area contributed by atoms with Crippen LogP contribution >= 0.6 is 0 Å². The lowest BCUT2D eigenvalue weighted by molar-refractivity contribution is -0.118. The Morgan fingerprint density at radius 1 is 0.971 bits per heavy atom. The minimum Gasteiger partial charge on any atom is -0.454 e. The minimum absolute atomic E-state index is 0. The number of amides is 2. The third-order valence-electron chi connectivity index (χ3n) is 6.87. The monoisotopic (exact) mass is 472 g/mol. The number of benzene rings is 3. The van der Waals surface area contributed by atoms with Gasteiger partial charge in [0.2, 0.25) is 12.7 Å². The van der Waals surface area contributed by atoms with Crippen LogP contribution in [0.5, 0.6) is 11.5 Å². The van der Waals surface area contributed by atoms with E-state index in [9.17, 15) is 9.59 Å². The second-order valence-corrected chi connectivity index (χ2v) is 9.84. The summed E-state index contributed by atoms with van der Waals surface area (Å²) in [6.45, 7) is 4.50. The van der Waals surface area contributed by atoms with Crippen molar-refractivity contribution in [2.75, 3.05) is 26.2 Å². The Kier molecular flexibility index (Phi) is 5.75. The van der Waals surface area contributed by atoms with Gasteiger partial charge in [-0.25, -0.2) is 0 Å². The van der Waals surface area contributed by atoms with Crippen LogP contribution in [0.15, 0.2) is 60.7 Å². The smallest absolute Gasteiger partial charge is 0.253 e. The maximum absolute atomic E-state index is 13.4. The van der Waals surface area contributed by atoms with Gasteiger partial charge in [0.15, 0.2) is 11.5 Å². The summed E-state index contributed by atoms with van der Waals surface area (Å²) in [5, 5.41) is 3.16. The molecule has 6 nitrogen and oxygen atoms in total. The average Bonchev–Trinajstić information content (AvgIpc) is 3.54. The molecule has 1 fully saturated rings. The zero-order chi connectivity index (χ0) is 24.7. The number of hydrogen-bond donors (Lipinski definition) is 1. The van der Waals surface area contributed by atoms with Gasteiger partial charge in [0.05, 0.1) is 5.41 Å². The molecule has 0 radical (unpaired) electrons. The Hall–Kier alpha value is -3.80. The van der Waals surface area contributed by atoms with E-state index in [1.54, 1.807) is 19.0 Å². The largest absolute Gasteiger partial charge is 0.454 e. The van der Waals surface area contributed by atoms with Gasteiger partial charge in [-0.3, -0.25) is 9.59 Å². The summed E-state index contributed by atoms with van der Waals surface area (Å²) in [5.41, 5.74) is 4.91. The first kappa shape index (κ1) is 23.0. The molecule has 0 bridgehead atoms. The van der Waals surface area contributed by atoms with Crippen LogP contribution in [-0.2, 0) is 10.2 Å². The number of carbonyl (C=O) groups excluding carboxylic acids is 2. The molecule has 0 aromatic heterocycles. The number of rotatable bonds is 6. The van der Waals surface area contributed by atoms with Gasteiger partial charge < -0.3 is 19.7 Å². The normalized spacial score (nSPS) is 15.1. The van der Waals surface area contributed by atoms with Gasteiger partial charge in [-0.15, -0.1) is 0 Å². The van der Waals surface area contributed by atoms with Crippen molar-refractivity contribution in [1.29, 1.82) is 0 Å². The first-order chi connectivity index (χ1) is 16.8. The van der Waals surface area contributed by atoms with Gasteiger partial charge in [0, 0.05) is 26.8 Å². The van der Waals surface area contributed by atoms with Gasteiger partial charge >= 0.3 is 0 Å². The highest BCUT2D eigenvalue weighted by atomic mass is 16.7. The lowest BCUT2D eigenvalue weighted by Gasteiger charge is -2.19. The lowest BCUT2D eigenvalue weighted by atomic mass is 9.90. The van der Waals surface area contributed by atoms with Gasteiger partial charge in [0.25, 0.3) is 5.91 Å². The van der Waals surface area contributed by atoms with Crippen molar-refractivity contribution in [2.45, 2.75) is 38.0 Å². The molecule has 1 saturated carbocycles. The van der Waals surface area contributed by atoms with Crippen LogP contribution in [-0.4, -0.2) is 37.6 Å². The summed E-state index contributed by atoms with van der Waals surface area (Å²) in [7, 11) is 3.50. The highest BCUT2D eigenvalue weighted by molar-refractivity contribution is 6.02. The fourth-order valence-electron chi connectivity index (χ4n) is 4.68. The zero-order valence-electron chi connectivity index (χ0n) is 20.6. The highest BCUT2D eigenvalue weighted by Crippen LogP contribution is 2.51. The third-order valence-corrected chi connectivity index (χ3v) is 6.87. The summed E-state index contributed by atoms with van der Waals surface area (Å²) in [6, 6.07) is 19.5.